The Morgan fingerprint density at radius 1 is 1.40 bits per heavy atom. The van der Waals surface area contributed by atoms with Gasteiger partial charge in [0.1, 0.15) is 5.82 Å². The van der Waals surface area contributed by atoms with Crippen LogP contribution in [0.5, 0.6) is 0 Å². The van der Waals surface area contributed by atoms with E-state index in [1.807, 2.05) is 30.5 Å². The van der Waals surface area contributed by atoms with Crippen LogP contribution >= 0.6 is 11.8 Å². The number of carbonyl (C=O) groups excluding carboxylic acids is 1. The lowest BCUT2D eigenvalue weighted by Gasteiger charge is -2.10. The Kier molecular flexibility index (Phi) is 3.48. The van der Waals surface area contributed by atoms with Crippen molar-refractivity contribution >= 4 is 23.4 Å². The first-order valence-corrected chi connectivity index (χ1v) is 7.79. The van der Waals surface area contributed by atoms with Gasteiger partial charge in [-0.1, -0.05) is 17.8 Å². The summed E-state index contributed by atoms with van der Waals surface area (Å²) in [5.74, 6) is 1.47. The first-order valence-electron chi connectivity index (χ1n) is 6.56. The van der Waals surface area contributed by atoms with Gasteiger partial charge in [0.2, 0.25) is 5.91 Å². The van der Waals surface area contributed by atoms with Gasteiger partial charge in [-0.3, -0.25) is 9.36 Å². The van der Waals surface area contributed by atoms with Crippen molar-refractivity contribution in [3.63, 3.8) is 0 Å². The number of rotatable bonds is 4. The van der Waals surface area contributed by atoms with E-state index in [0.29, 0.717) is 5.92 Å². The van der Waals surface area contributed by atoms with Crippen LogP contribution in [0.4, 0.5) is 5.69 Å². The highest BCUT2D eigenvalue weighted by Gasteiger charge is 2.30. The molecule has 1 N–H and O–H groups in total. The number of benzene rings is 1. The van der Waals surface area contributed by atoms with Crippen molar-refractivity contribution in [2.75, 3.05) is 11.6 Å². The summed E-state index contributed by atoms with van der Waals surface area (Å²) in [4.78, 5) is 11.2. The van der Waals surface area contributed by atoms with Crippen LogP contribution in [0.1, 0.15) is 31.5 Å². The second kappa shape index (κ2) is 5.28. The number of amides is 1. The topological polar surface area (TPSA) is 59.8 Å². The zero-order valence-corrected chi connectivity index (χ0v) is 12.3. The fourth-order valence-corrected chi connectivity index (χ4v) is 2.69. The van der Waals surface area contributed by atoms with Crippen LogP contribution in [-0.4, -0.2) is 26.9 Å². The second-order valence-electron chi connectivity index (χ2n) is 4.89. The van der Waals surface area contributed by atoms with E-state index in [1.165, 1.54) is 19.8 Å². The predicted molar refractivity (Wildman–Crippen MR) is 79.4 cm³/mol. The van der Waals surface area contributed by atoms with Crippen LogP contribution in [0.2, 0.25) is 0 Å². The summed E-state index contributed by atoms with van der Waals surface area (Å²) in [6.07, 6.45) is 4.35. The highest BCUT2D eigenvalue weighted by atomic mass is 32.2. The van der Waals surface area contributed by atoms with Crippen molar-refractivity contribution in [3.8, 4) is 5.69 Å². The van der Waals surface area contributed by atoms with Crippen molar-refractivity contribution in [2.24, 2.45) is 0 Å². The molecule has 1 saturated carbocycles. The van der Waals surface area contributed by atoms with E-state index >= 15 is 0 Å². The van der Waals surface area contributed by atoms with Crippen molar-refractivity contribution in [3.05, 3.63) is 30.1 Å². The summed E-state index contributed by atoms with van der Waals surface area (Å²) in [6, 6.07) is 7.78. The highest BCUT2D eigenvalue weighted by molar-refractivity contribution is 7.98. The van der Waals surface area contributed by atoms with Gasteiger partial charge < -0.3 is 5.32 Å². The van der Waals surface area contributed by atoms with Crippen molar-refractivity contribution in [2.45, 2.75) is 30.8 Å². The number of anilines is 1. The van der Waals surface area contributed by atoms with Crippen molar-refractivity contribution in [1.29, 1.82) is 0 Å². The number of aromatic nitrogens is 3. The van der Waals surface area contributed by atoms with Crippen LogP contribution in [-0.2, 0) is 4.79 Å². The normalized spacial score (nSPS) is 14.3. The highest BCUT2D eigenvalue weighted by Crippen LogP contribution is 2.41. The molecule has 0 radical (unpaired) electrons. The fraction of sp³-hybridized carbons (Fsp3) is 0.357. The zero-order chi connectivity index (χ0) is 14.1. The van der Waals surface area contributed by atoms with Crippen molar-refractivity contribution in [1.82, 2.24) is 14.8 Å². The Morgan fingerprint density at radius 2 is 2.20 bits per heavy atom. The lowest BCUT2D eigenvalue weighted by molar-refractivity contribution is -0.114. The molecule has 20 heavy (non-hydrogen) atoms. The average Bonchev–Trinajstić information content (AvgIpc) is 3.17. The molecule has 0 atom stereocenters. The number of hydrogen-bond acceptors (Lipinski definition) is 4. The molecule has 2 aromatic rings. The van der Waals surface area contributed by atoms with Gasteiger partial charge in [-0.25, -0.2) is 0 Å². The first kappa shape index (κ1) is 13.2. The molecule has 0 unspecified atom stereocenters. The summed E-state index contributed by atoms with van der Waals surface area (Å²) >= 11 is 1.58. The maximum absolute atomic E-state index is 11.2. The first-order chi connectivity index (χ1) is 9.69. The molecular formula is C14H16N4OS. The van der Waals surface area contributed by atoms with Gasteiger partial charge in [0.15, 0.2) is 5.16 Å². The van der Waals surface area contributed by atoms with Gasteiger partial charge in [-0.15, -0.1) is 10.2 Å². The number of carbonyl (C=O) groups is 1. The van der Waals surface area contributed by atoms with Gasteiger partial charge in [-0.2, -0.15) is 0 Å². The predicted octanol–water partition coefficient (Wildman–Crippen LogP) is 2.83. The summed E-state index contributed by atoms with van der Waals surface area (Å²) in [5.41, 5.74) is 1.78. The Balaban J connectivity index is 2.03. The number of hydrogen-bond donors (Lipinski definition) is 1. The van der Waals surface area contributed by atoms with E-state index < -0.39 is 0 Å². The Morgan fingerprint density at radius 3 is 2.85 bits per heavy atom. The van der Waals surface area contributed by atoms with E-state index in [0.717, 1.165) is 22.4 Å². The van der Waals surface area contributed by atoms with Gasteiger partial charge in [0.25, 0.3) is 0 Å². The number of nitrogens with zero attached hydrogens (tertiary/aromatic N) is 3. The quantitative estimate of drug-likeness (QED) is 0.879. The molecule has 0 aliphatic heterocycles. The molecule has 1 aliphatic carbocycles. The molecule has 1 aromatic carbocycles. The lowest BCUT2D eigenvalue weighted by atomic mass is 10.2. The molecule has 1 amide bonds. The Labute approximate surface area is 121 Å². The summed E-state index contributed by atoms with van der Waals surface area (Å²) < 4.78 is 2.09. The molecule has 1 heterocycles. The average molecular weight is 288 g/mol. The summed E-state index contributed by atoms with van der Waals surface area (Å²) in [6.45, 7) is 1.51. The second-order valence-corrected chi connectivity index (χ2v) is 5.66. The Hall–Kier alpha value is -1.82. The van der Waals surface area contributed by atoms with Crippen LogP contribution in [0.25, 0.3) is 5.69 Å². The molecular weight excluding hydrogens is 272 g/mol. The third kappa shape index (κ3) is 2.56. The van der Waals surface area contributed by atoms with Crippen molar-refractivity contribution < 1.29 is 4.79 Å². The molecule has 0 bridgehead atoms. The van der Waals surface area contributed by atoms with E-state index in [2.05, 4.69) is 20.1 Å². The molecule has 6 heteroatoms. The largest absolute Gasteiger partial charge is 0.326 e. The maximum atomic E-state index is 11.2. The zero-order valence-electron chi connectivity index (χ0n) is 11.5. The number of thioether (sulfide) groups is 1. The van der Waals surface area contributed by atoms with E-state index in [1.54, 1.807) is 11.8 Å². The molecule has 5 nitrogen and oxygen atoms in total. The molecule has 0 saturated heterocycles. The molecule has 1 aromatic heterocycles. The minimum atomic E-state index is -0.0709. The van der Waals surface area contributed by atoms with Crippen LogP contribution < -0.4 is 5.32 Å². The standard InChI is InChI=1S/C14H16N4OS/c1-9(19)15-11-4-3-5-12(8-11)18-13(10-6-7-10)16-17-14(18)20-2/h3-5,8,10H,6-7H2,1-2H3,(H,15,19). The Bertz CT molecular complexity index is 648. The summed E-state index contributed by atoms with van der Waals surface area (Å²) in [7, 11) is 0. The maximum Gasteiger partial charge on any atom is 0.221 e. The van der Waals surface area contributed by atoms with Gasteiger partial charge >= 0.3 is 0 Å². The van der Waals surface area contributed by atoms with E-state index in [4.69, 9.17) is 0 Å². The molecule has 104 valence electrons. The lowest BCUT2D eigenvalue weighted by Crippen LogP contribution is -2.07. The van der Waals surface area contributed by atoms with Crippen LogP contribution in [0, 0.1) is 0 Å². The molecule has 3 rings (SSSR count). The minimum Gasteiger partial charge on any atom is -0.326 e. The molecule has 1 aliphatic rings. The smallest absolute Gasteiger partial charge is 0.221 e. The van der Waals surface area contributed by atoms with Gasteiger partial charge in [-0.05, 0) is 37.3 Å². The van der Waals surface area contributed by atoms with E-state index in [9.17, 15) is 4.79 Å². The fourth-order valence-electron chi connectivity index (χ4n) is 2.19. The molecule has 1 fully saturated rings. The molecule has 0 spiro atoms. The van der Waals surface area contributed by atoms with Crippen LogP contribution in [0.15, 0.2) is 29.4 Å². The summed E-state index contributed by atoms with van der Waals surface area (Å²) in [5, 5.41) is 12.3. The third-order valence-corrected chi connectivity index (χ3v) is 3.84. The number of nitrogens with one attached hydrogen (secondary N) is 1. The van der Waals surface area contributed by atoms with Gasteiger partial charge in [0, 0.05) is 18.5 Å². The SMILES string of the molecule is CSc1nnc(C2CC2)n1-c1cccc(NC(C)=O)c1. The van der Waals surface area contributed by atoms with E-state index in [-0.39, 0.29) is 5.91 Å². The van der Waals surface area contributed by atoms with Gasteiger partial charge in [0.05, 0.1) is 5.69 Å². The third-order valence-electron chi connectivity index (χ3n) is 3.21. The minimum absolute atomic E-state index is 0.0709. The van der Waals surface area contributed by atoms with Crippen LogP contribution in [0.3, 0.4) is 0 Å². The monoisotopic (exact) mass is 288 g/mol.